The van der Waals surface area contributed by atoms with Crippen LogP contribution in [0.1, 0.15) is 57.1 Å². The second kappa shape index (κ2) is 6.36. The Kier molecular flexibility index (Phi) is 4.52. The Morgan fingerprint density at radius 3 is 2.85 bits per heavy atom. The Hall–Kier alpha value is -0.730. The SMILES string of the molecule is CCCNC1CC(C2CCCC2)Oc2ccc(Cl)cc21. The van der Waals surface area contributed by atoms with Gasteiger partial charge in [-0.05, 0) is 49.9 Å². The van der Waals surface area contributed by atoms with Crippen molar-refractivity contribution in [2.45, 2.75) is 57.6 Å². The average molecular weight is 294 g/mol. The van der Waals surface area contributed by atoms with E-state index in [2.05, 4.69) is 18.3 Å². The first-order valence-corrected chi connectivity index (χ1v) is 8.35. The number of rotatable bonds is 4. The van der Waals surface area contributed by atoms with Gasteiger partial charge < -0.3 is 10.1 Å². The van der Waals surface area contributed by atoms with Gasteiger partial charge in [0.1, 0.15) is 11.9 Å². The van der Waals surface area contributed by atoms with Crippen molar-refractivity contribution in [1.29, 1.82) is 0 Å². The molecule has 2 aliphatic rings. The number of halogens is 1. The van der Waals surface area contributed by atoms with Crippen LogP contribution >= 0.6 is 11.6 Å². The number of hydrogen-bond donors (Lipinski definition) is 1. The molecule has 1 saturated carbocycles. The Morgan fingerprint density at radius 1 is 1.30 bits per heavy atom. The summed E-state index contributed by atoms with van der Waals surface area (Å²) in [5.74, 6) is 1.77. The van der Waals surface area contributed by atoms with Gasteiger partial charge in [0.2, 0.25) is 0 Å². The maximum Gasteiger partial charge on any atom is 0.124 e. The molecule has 1 aromatic carbocycles. The van der Waals surface area contributed by atoms with Gasteiger partial charge in [-0.25, -0.2) is 0 Å². The summed E-state index contributed by atoms with van der Waals surface area (Å²) in [6.45, 7) is 3.26. The number of ether oxygens (including phenoxy) is 1. The normalized spacial score (nSPS) is 26.3. The van der Waals surface area contributed by atoms with Gasteiger partial charge in [-0.2, -0.15) is 0 Å². The zero-order chi connectivity index (χ0) is 13.9. The molecule has 1 N–H and O–H groups in total. The van der Waals surface area contributed by atoms with Gasteiger partial charge in [-0.3, -0.25) is 0 Å². The van der Waals surface area contributed by atoms with Crippen LogP contribution < -0.4 is 10.1 Å². The molecule has 1 aromatic rings. The zero-order valence-electron chi connectivity index (χ0n) is 12.2. The van der Waals surface area contributed by atoms with Crippen molar-refractivity contribution in [2.75, 3.05) is 6.54 Å². The predicted molar refractivity (Wildman–Crippen MR) is 83.5 cm³/mol. The zero-order valence-corrected chi connectivity index (χ0v) is 13.0. The van der Waals surface area contributed by atoms with Crippen LogP contribution in [0.15, 0.2) is 18.2 Å². The number of hydrogen-bond acceptors (Lipinski definition) is 2. The Bertz CT molecular complexity index is 456. The van der Waals surface area contributed by atoms with E-state index in [9.17, 15) is 0 Å². The van der Waals surface area contributed by atoms with Crippen molar-refractivity contribution in [2.24, 2.45) is 5.92 Å². The summed E-state index contributed by atoms with van der Waals surface area (Å²) in [6.07, 6.45) is 8.00. The molecule has 20 heavy (non-hydrogen) atoms. The second-order valence-electron chi connectivity index (χ2n) is 6.13. The summed E-state index contributed by atoms with van der Waals surface area (Å²) in [6, 6.07) is 6.44. The lowest BCUT2D eigenvalue weighted by atomic mass is 9.89. The highest BCUT2D eigenvalue weighted by Gasteiger charge is 2.34. The smallest absolute Gasteiger partial charge is 0.124 e. The minimum atomic E-state index is 0.375. The molecule has 1 aliphatic carbocycles. The van der Waals surface area contributed by atoms with Crippen LogP contribution in [0.5, 0.6) is 5.75 Å². The lowest BCUT2D eigenvalue weighted by Crippen LogP contribution is -2.37. The molecule has 1 heterocycles. The molecule has 2 atom stereocenters. The standard InChI is InChI=1S/C17H24ClNO/c1-2-9-19-15-11-17(12-5-3-4-6-12)20-16-8-7-13(18)10-14(15)16/h7-8,10,12,15,17,19H,2-6,9,11H2,1H3. The first kappa shape index (κ1) is 14.2. The summed E-state index contributed by atoms with van der Waals surface area (Å²) in [5, 5.41) is 4.47. The minimum Gasteiger partial charge on any atom is -0.490 e. The van der Waals surface area contributed by atoms with E-state index in [1.54, 1.807) is 0 Å². The summed E-state index contributed by atoms with van der Waals surface area (Å²) in [7, 11) is 0. The minimum absolute atomic E-state index is 0.375. The van der Waals surface area contributed by atoms with E-state index in [0.29, 0.717) is 12.1 Å². The van der Waals surface area contributed by atoms with E-state index >= 15 is 0 Å². The number of fused-ring (bicyclic) bond motifs is 1. The number of nitrogens with one attached hydrogen (secondary N) is 1. The predicted octanol–water partition coefficient (Wildman–Crippen LogP) is 4.72. The molecule has 0 spiro atoms. The monoisotopic (exact) mass is 293 g/mol. The lowest BCUT2D eigenvalue weighted by Gasteiger charge is -2.36. The molecule has 0 amide bonds. The van der Waals surface area contributed by atoms with Crippen LogP contribution in [0, 0.1) is 5.92 Å². The highest BCUT2D eigenvalue weighted by molar-refractivity contribution is 6.30. The van der Waals surface area contributed by atoms with E-state index in [1.165, 1.54) is 31.2 Å². The Balaban J connectivity index is 1.82. The third-order valence-corrected chi connectivity index (χ3v) is 4.90. The van der Waals surface area contributed by atoms with Gasteiger partial charge in [0.25, 0.3) is 0 Å². The summed E-state index contributed by atoms with van der Waals surface area (Å²) in [4.78, 5) is 0. The first-order chi connectivity index (χ1) is 9.78. The molecule has 0 radical (unpaired) electrons. The van der Waals surface area contributed by atoms with Crippen molar-refractivity contribution in [3.63, 3.8) is 0 Å². The van der Waals surface area contributed by atoms with Crippen LogP contribution in [-0.2, 0) is 0 Å². The molecule has 3 rings (SSSR count). The van der Waals surface area contributed by atoms with E-state index < -0.39 is 0 Å². The average Bonchev–Trinajstić information content (AvgIpc) is 2.99. The van der Waals surface area contributed by atoms with Crippen molar-refractivity contribution in [3.8, 4) is 5.75 Å². The van der Waals surface area contributed by atoms with Gasteiger partial charge in [0, 0.05) is 23.0 Å². The molecule has 0 bridgehead atoms. The Labute approximate surface area is 126 Å². The van der Waals surface area contributed by atoms with Gasteiger partial charge >= 0.3 is 0 Å². The largest absolute Gasteiger partial charge is 0.490 e. The molecule has 2 unspecified atom stereocenters. The van der Waals surface area contributed by atoms with Crippen LogP contribution in [0.2, 0.25) is 5.02 Å². The molecule has 0 saturated heterocycles. The molecule has 2 nitrogen and oxygen atoms in total. The van der Waals surface area contributed by atoms with Gasteiger partial charge in [-0.1, -0.05) is 31.4 Å². The quantitative estimate of drug-likeness (QED) is 0.867. The van der Waals surface area contributed by atoms with Gasteiger partial charge in [0.05, 0.1) is 0 Å². The van der Waals surface area contributed by atoms with E-state index in [0.717, 1.165) is 36.1 Å². The van der Waals surface area contributed by atoms with E-state index in [-0.39, 0.29) is 0 Å². The second-order valence-corrected chi connectivity index (χ2v) is 6.56. The fourth-order valence-electron chi connectivity index (χ4n) is 3.60. The van der Waals surface area contributed by atoms with Crippen LogP contribution in [0.4, 0.5) is 0 Å². The summed E-state index contributed by atoms with van der Waals surface area (Å²) >= 11 is 6.16. The van der Waals surface area contributed by atoms with Gasteiger partial charge in [-0.15, -0.1) is 0 Å². The van der Waals surface area contributed by atoms with Crippen LogP contribution in [0.3, 0.4) is 0 Å². The van der Waals surface area contributed by atoms with E-state index in [1.807, 2.05) is 12.1 Å². The third-order valence-electron chi connectivity index (χ3n) is 4.66. The topological polar surface area (TPSA) is 21.3 Å². The maximum atomic E-state index is 6.28. The molecular weight excluding hydrogens is 270 g/mol. The highest BCUT2D eigenvalue weighted by atomic mass is 35.5. The Morgan fingerprint density at radius 2 is 2.10 bits per heavy atom. The van der Waals surface area contributed by atoms with E-state index in [4.69, 9.17) is 16.3 Å². The van der Waals surface area contributed by atoms with Crippen molar-refractivity contribution >= 4 is 11.6 Å². The molecule has 110 valence electrons. The van der Waals surface area contributed by atoms with Crippen molar-refractivity contribution < 1.29 is 4.74 Å². The van der Waals surface area contributed by atoms with Gasteiger partial charge in [0.15, 0.2) is 0 Å². The molecule has 1 fully saturated rings. The maximum absolute atomic E-state index is 6.28. The van der Waals surface area contributed by atoms with Crippen LogP contribution in [0.25, 0.3) is 0 Å². The molecule has 0 aromatic heterocycles. The highest BCUT2D eigenvalue weighted by Crippen LogP contribution is 2.41. The molecule has 3 heteroatoms. The lowest BCUT2D eigenvalue weighted by molar-refractivity contribution is 0.0948. The fraction of sp³-hybridized carbons (Fsp3) is 0.647. The summed E-state index contributed by atoms with van der Waals surface area (Å²) in [5.41, 5.74) is 1.24. The summed E-state index contributed by atoms with van der Waals surface area (Å²) < 4.78 is 6.28. The first-order valence-electron chi connectivity index (χ1n) is 7.97. The molecular formula is C17H24ClNO. The van der Waals surface area contributed by atoms with Crippen molar-refractivity contribution in [3.05, 3.63) is 28.8 Å². The number of benzene rings is 1. The fourth-order valence-corrected chi connectivity index (χ4v) is 3.78. The third kappa shape index (κ3) is 2.96. The van der Waals surface area contributed by atoms with Crippen LogP contribution in [-0.4, -0.2) is 12.6 Å². The molecule has 1 aliphatic heterocycles. The van der Waals surface area contributed by atoms with Crippen molar-refractivity contribution in [1.82, 2.24) is 5.32 Å².